The third-order valence-electron chi connectivity index (χ3n) is 3.40. The van der Waals surface area contributed by atoms with Crippen molar-refractivity contribution in [1.82, 2.24) is 0 Å². The lowest BCUT2D eigenvalue weighted by molar-refractivity contribution is -0.0797. The van der Waals surface area contributed by atoms with Gasteiger partial charge in [0.1, 0.15) is 19.0 Å². The van der Waals surface area contributed by atoms with Crippen LogP contribution in [0.15, 0.2) is 30.3 Å². The highest BCUT2D eigenvalue weighted by Gasteiger charge is 2.31. The highest BCUT2D eigenvalue weighted by atomic mass is 19.1. The van der Waals surface area contributed by atoms with Gasteiger partial charge >= 0.3 is 0 Å². The monoisotopic (exact) mass is 255 g/mol. The summed E-state index contributed by atoms with van der Waals surface area (Å²) in [6.07, 6.45) is -0.704. The normalized spacial score (nSPS) is 30.1. The van der Waals surface area contributed by atoms with Gasteiger partial charge in [-0.1, -0.05) is 30.3 Å². The lowest BCUT2D eigenvalue weighted by Crippen LogP contribution is -2.39. The number of nitrogens with two attached hydrogens (primary N) is 1. The first-order valence-corrected chi connectivity index (χ1v) is 6.36. The molecule has 2 nitrogen and oxygen atoms in total. The van der Waals surface area contributed by atoms with Gasteiger partial charge in [-0.2, -0.15) is 0 Å². The second-order valence-corrected chi connectivity index (χ2v) is 4.82. The molecule has 4 atom stereocenters. The summed E-state index contributed by atoms with van der Waals surface area (Å²) in [5, 5.41) is 0. The Balaban J connectivity index is 1.98. The summed E-state index contributed by atoms with van der Waals surface area (Å²) in [6.45, 7) is -0.640. The van der Waals surface area contributed by atoms with Crippen molar-refractivity contribution < 1.29 is 13.5 Å². The molecular weight excluding hydrogens is 236 g/mol. The maximum atomic E-state index is 13.8. The molecule has 0 aromatic heterocycles. The minimum atomic E-state index is -1.09. The Morgan fingerprint density at radius 2 is 2.00 bits per heavy atom. The molecule has 1 saturated carbocycles. The second-order valence-electron chi connectivity index (χ2n) is 4.82. The smallest absolute Gasteiger partial charge is 0.128 e. The summed E-state index contributed by atoms with van der Waals surface area (Å²) in [6, 6.07) is 9.00. The van der Waals surface area contributed by atoms with E-state index in [1.165, 1.54) is 0 Å². The molecule has 2 rings (SSSR count). The fourth-order valence-corrected chi connectivity index (χ4v) is 2.35. The van der Waals surface area contributed by atoms with Crippen LogP contribution in [-0.2, 0) is 4.74 Å². The Bertz CT molecular complexity index is 360. The van der Waals surface area contributed by atoms with Gasteiger partial charge in [0.2, 0.25) is 0 Å². The van der Waals surface area contributed by atoms with Crippen LogP contribution in [0.2, 0.25) is 0 Å². The molecule has 100 valence electrons. The fraction of sp³-hybridized carbons (Fsp3) is 0.571. The van der Waals surface area contributed by atoms with Gasteiger partial charge in [0, 0.05) is 6.04 Å². The SMILES string of the molecule is NC1CCC(OC(CF)c2ccccc2)C(F)C1. The number of halogens is 2. The molecule has 1 aliphatic carbocycles. The fourth-order valence-electron chi connectivity index (χ4n) is 2.35. The molecule has 18 heavy (non-hydrogen) atoms. The first-order chi connectivity index (χ1) is 8.70. The highest BCUT2D eigenvalue weighted by molar-refractivity contribution is 5.17. The van der Waals surface area contributed by atoms with Crippen molar-refractivity contribution in [2.24, 2.45) is 5.73 Å². The van der Waals surface area contributed by atoms with Crippen molar-refractivity contribution in [3.8, 4) is 0 Å². The Labute approximate surface area is 106 Å². The van der Waals surface area contributed by atoms with Crippen molar-refractivity contribution in [1.29, 1.82) is 0 Å². The maximum Gasteiger partial charge on any atom is 0.128 e. The summed E-state index contributed by atoms with van der Waals surface area (Å²) >= 11 is 0. The first-order valence-electron chi connectivity index (χ1n) is 6.36. The summed E-state index contributed by atoms with van der Waals surface area (Å²) in [4.78, 5) is 0. The van der Waals surface area contributed by atoms with Crippen LogP contribution in [0.3, 0.4) is 0 Å². The van der Waals surface area contributed by atoms with E-state index in [1.807, 2.05) is 18.2 Å². The van der Waals surface area contributed by atoms with Crippen LogP contribution in [-0.4, -0.2) is 25.0 Å². The predicted octanol–water partition coefficient (Wildman–Crippen LogP) is 2.93. The van der Waals surface area contributed by atoms with Crippen LogP contribution >= 0.6 is 0 Å². The van der Waals surface area contributed by atoms with E-state index in [9.17, 15) is 8.78 Å². The molecule has 0 aliphatic heterocycles. The van der Waals surface area contributed by atoms with Crippen LogP contribution in [0, 0.1) is 0 Å². The quantitative estimate of drug-likeness (QED) is 0.897. The van der Waals surface area contributed by atoms with Crippen molar-refractivity contribution in [2.45, 2.75) is 43.7 Å². The topological polar surface area (TPSA) is 35.2 Å². The minimum absolute atomic E-state index is 0.0969. The third-order valence-corrected chi connectivity index (χ3v) is 3.40. The summed E-state index contributed by atoms with van der Waals surface area (Å²) in [7, 11) is 0. The lowest BCUT2D eigenvalue weighted by atomic mass is 9.92. The van der Waals surface area contributed by atoms with Crippen molar-refractivity contribution in [3.05, 3.63) is 35.9 Å². The standard InChI is InChI=1S/C14H19F2NO/c15-9-14(10-4-2-1-3-5-10)18-13-7-6-11(17)8-12(13)16/h1-5,11-14H,6-9,17H2. The van der Waals surface area contributed by atoms with E-state index in [4.69, 9.17) is 10.5 Å². The largest absolute Gasteiger partial charge is 0.365 e. The van der Waals surface area contributed by atoms with Gasteiger partial charge in [0.15, 0.2) is 0 Å². The summed E-state index contributed by atoms with van der Waals surface area (Å²) < 4.78 is 32.4. The first kappa shape index (κ1) is 13.4. The second kappa shape index (κ2) is 6.25. The molecule has 0 bridgehead atoms. The Hall–Kier alpha value is -1.00. The van der Waals surface area contributed by atoms with E-state index in [0.717, 1.165) is 12.0 Å². The number of hydrogen-bond acceptors (Lipinski definition) is 2. The molecule has 0 heterocycles. The van der Waals surface area contributed by atoms with Gasteiger partial charge in [-0.15, -0.1) is 0 Å². The number of hydrogen-bond donors (Lipinski definition) is 1. The molecule has 4 unspecified atom stereocenters. The Morgan fingerprint density at radius 1 is 1.28 bits per heavy atom. The van der Waals surface area contributed by atoms with Crippen molar-refractivity contribution in [3.63, 3.8) is 0 Å². The van der Waals surface area contributed by atoms with E-state index >= 15 is 0 Å². The number of benzene rings is 1. The van der Waals surface area contributed by atoms with Crippen LogP contribution in [0.25, 0.3) is 0 Å². The lowest BCUT2D eigenvalue weighted by Gasteiger charge is -2.32. The number of ether oxygens (including phenoxy) is 1. The number of rotatable bonds is 4. The van der Waals surface area contributed by atoms with Gasteiger partial charge < -0.3 is 10.5 Å². The van der Waals surface area contributed by atoms with Crippen LogP contribution < -0.4 is 5.73 Å². The van der Waals surface area contributed by atoms with Crippen LogP contribution in [0.1, 0.15) is 30.9 Å². The van der Waals surface area contributed by atoms with Crippen LogP contribution in [0.5, 0.6) is 0 Å². The molecule has 1 aromatic rings. The van der Waals surface area contributed by atoms with Gasteiger partial charge in [-0.25, -0.2) is 8.78 Å². The van der Waals surface area contributed by atoms with Crippen LogP contribution in [0.4, 0.5) is 8.78 Å². The predicted molar refractivity (Wildman–Crippen MR) is 66.8 cm³/mol. The molecule has 1 aromatic carbocycles. The average molecular weight is 255 g/mol. The Morgan fingerprint density at radius 3 is 2.61 bits per heavy atom. The van der Waals surface area contributed by atoms with E-state index in [1.54, 1.807) is 12.1 Å². The highest BCUT2D eigenvalue weighted by Crippen LogP contribution is 2.29. The molecular formula is C14H19F2NO. The zero-order valence-electron chi connectivity index (χ0n) is 10.3. The zero-order valence-corrected chi connectivity index (χ0v) is 10.3. The van der Waals surface area contributed by atoms with Gasteiger partial charge in [0.05, 0.1) is 6.10 Å². The van der Waals surface area contributed by atoms with E-state index in [-0.39, 0.29) is 6.04 Å². The molecule has 0 amide bonds. The maximum absolute atomic E-state index is 13.8. The summed E-state index contributed by atoms with van der Waals surface area (Å²) in [5.74, 6) is 0. The Kier molecular flexibility index (Phi) is 4.66. The van der Waals surface area contributed by atoms with E-state index in [0.29, 0.717) is 12.8 Å². The summed E-state index contributed by atoms with van der Waals surface area (Å²) in [5.41, 5.74) is 6.44. The zero-order chi connectivity index (χ0) is 13.0. The molecule has 1 fully saturated rings. The molecule has 1 aliphatic rings. The van der Waals surface area contributed by atoms with E-state index < -0.39 is 25.1 Å². The molecule has 2 N–H and O–H groups in total. The molecule has 0 radical (unpaired) electrons. The molecule has 4 heteroatoms. The average Bonchev–Trinajstić information content (AvgIpc) is 2.39. The number of alkyl halides is 2. The van der Waals surface area contributed by atoms with Crippen molar-refractivity contribution >= 4 is 0 Å². The molecule has 0 saturated heterocycles. The van der Waals surface area contributed by atoms with E-state index in [2.05, 4.69) is 0 Å². The van der Waals surface area contributed by atoms with Gasteiger partial charge in [-0.05, 0) is 24.8 Å². The van der Waals surface area contributed by atoms with Gasteiger partial charge in [-0.3, -0.25) is 0 Å². The minimum Gasteiger partial charge on any atom is -0.365 e. The van der Waals surface area contributed by atoms with Crippen molar-refractivity contribution in [2.75, 3.05) is 6.67 Å². The van der Waals surface area contributed by atoms with Gasteiger partial charge in [0.25, 0.3) is 0 Å². The third kappa shape index (κ3) is 3.27. The molecule has 0 spiro atoms.